The van der Waals surface area contributed by atoms with E-state index in [9.17, 15) is 4.79 Å². The average molecular weight is 208 g/mol. The highest BCUT2D eigenvalue weighted by Gasteiger charge is 2.32. The van der Waals surface area contributed by atoms with E-state index >= 15 is 0 Å². The van der Waals surface area contributed by atoms with E-state index in [1.54, 1.807) is 6.07 Å². The second kappa shape index (κ2) is 4.06. The highest BCUT2D eigenvalue weighted by Crippen LogP contribution is 2.24. The van der Waals surface area contributed by atoms with E-state index in [-0.39, 0.29) is 11.9 Å². The number of furan rings is 1. The number of amides is 1. The Morgan fingerprint density at radius 3 is 3.07 bits per heavy atom. The number of nitrogens with two attached hydrogens (primary N) is 1. The predicted octanol–water partition coefficient (Wildman–Crippen LogP) is 1.09. The zero-order valence-corrected chi connectivity index (χ0v) is 8.85. The van der Waals surface area contributed by atoms with Gasteiger partial charge < -0.3 is 15.1 Å². The number of rotatable bonds is 2. The molecule has 0 saturated carbocycles. The molecule has 2 unspecified atom stereocenters. The van der Waals surface area contributed by atoms with Gasteiger partial charge in [0.2, 0.25) is 0 Å². The van der Waals surface area contributed by atoms with Crippen molar-refractivity contribution in [3.8, 4) is 0 Å². The SMILES string of the molecule is CC1CC(CN)CN1C(=O)c1ccoc1. The van der Waals surface area contributed by atoms with Gasteiger partial charge in [-0.3, -0.25) is 4.79 Å². The van der Waals surface area contributed by atoms with Crippen molar-refractivity contribution in [1.29, 1.82) is 0 Å². The summed E-state index contributed by atoms with van der Waals surface area (Å²) in [7, 11) is 0. The third-order valence-electron chi connectivity index (χ3n) is 3.02. The first-order valence-corrected chi connectivity index (χ1v) is 5.25. The van der Waals surface area contributed by atoms with Crippen molar-refractivity contribution in [2.75, 3.05) is 13.1 Å². The van der Waals surface area contributed by atoms with E-state index in [1.807, 2.05) is 4.90 Å². The molecule has 0 spiro atoms. The van der Waals surface area contributed by atoms with Gasteiger partial charge in [0, 0.05) is 12.6 Å². The van der Waals surface area contributed by atoms with Crippen LogP contribution in [0.25, 0.3) is 0 Å². The first kappa shape index (κ1) is 10.2. The molecular formula is C11H16N2O2. The summed E-state index contributed by atoms with van der Waals surface area (Å²) < 4.78 is 4.91. The summed E-state index contributed by atoms with van der Waals surface area (Å²) in [5.74, 6) is 0.489. The van der Waals surface area contributed by atoms with Crippen LogP contribution in [0.2, 0.25) is 0 Å². The summed E-state index contributed by atoms with van der Waals surface area (Å²) in [6.45, 7) is 3.48. The van der Waals surface area contributed by atoms with Crippen molar-refractivity contribution in [3.63, 3.8) is 0 Å². The van der Waals surface area contributed by atoms with Crippen LogP contribution in [-0.4, -0.2) is 29.9 Å². The second-order valence-electron chi connectivity index (χ2n) is 4.16. The fourth-order valence-corrected chi connectivity index (χ4v) is 2.15. The molecule has 2 heterocycles. The fourth-order valence-electron chi connectivity index (χ4n) is 2.15. The van der Waals surface area contributed by atoms with Gasteiger partial charge in [0.1, 0.15) is 6.26 Å². The van der Waals surface area contributed by atoms with Crippen molar-refractivity contribution < 1.29 is 9.21 Å². The number of hydrogen-bond donors (Lipinski definition) is 1. The van der Waals surface area contributed by atoms with Crippen LogP contribution in [0.5, 0.6) is 0 Å². The van der Waals surface area contributed by atoms with Crippen LogP contribution in [0.3, 0.4) is 0 Å². The van der Waals surface area contributed by atoms with Crippen LogP contribution < -0.4 is 5.73 Å². The maximum Gasteiger partial charge on any atom is 0.257 e. The Morgan fingerprint density at radius 2 is 2.53 bits per heavy atom. The molecular weight excluding hydrogens is 192 g/mol. The molecule has 1 fully saturated rings. The van der Waals surface area contributed by atoms with Crippen molar-refractivity contribution in [2.45, 2.75) is 19.4 Å². The average Bonchev–Trinajstić information content (AvgIpc) is 2.85. The van der Waals surface area contributed by atoms with E-state index in [0.717, 1.165) is 13.0 Å². The lowest BCUT2D eigenvalue weighted by Gasteiger charge is -2.20. The third-order valence-corrected chi connectivity index (χ3v) is 3.02. The number of hydrogen-bond acceptors (Lipinski definition) is 3. The first-order chi connectivity index (χ1) is 7.22. The Balaban J connectivity index is 2.09. The van der Waals surface area contributed by atoms with Crippen molar-refractivity contribution >= 4 is 5.91 Å². The quantitative estimate of drug-likeness (QED) is 0.791. The van der Waals surface area contributed by atoms with Crippen LogP contribution in [0.1, 0.15) is 23.7 Å². The number of likely N-dealkylation sites (tertiary alicyclic amines) is 1. The Bertz CT molecular complexity index is 334. The molecule has 2 atom stereocenters. The van der Waals surface area contributed by atoms with Gasteiger partial charge in [0.25, 0.3) is 5.91 Å². The molecule has 1 aromatic rings. The van der Waals surface area contributed by atoms with E-state index in [2.05, 4.69) is 6.92 Å². The Kier molecular flexibility index (Phi) is 2.77. The summed E-state index contributed by atoms with van der Waals surface area (Å²) in [6.07, 6.45) is 4.01. The third kappa shape index (κ3) is 1.90. The molecule has 1 aliphatic rings. The van der Waals surface area contributed by atoms with E-state index in [4.69, 9.17) is 10.2 Å². The van der Waals surface area contributed by atoms with Crippen LogP contribution in [0.15, 0.2) is 23.0 Å². The van der Waals surface area contributed by atoms with Crippen LogP contribution in [0, 0.1) is 5.92 Å². The van der Waals surface area contributed by atoms with Crippen LogP contribution >= 0.6 is 0 Å². The molecule has 1 saturated heterocycles. The normalized spacial score (nSPS) is 25.9. The minimum absolute atomic E-state index is 0.0483. The van der Waals surface area contributed by atoms with E-state index < -0.39 is 0 Å². The second-order valence-corrected chi connectivity index (χ2v) is 4.16. The zero-order chi connectivity index (χ0) is 10.8. The maximum absolute atomic E-state index is 12.0. The standard InChI is InChI=1S/C11H16N2O2/c1-8-4-9(5-12)6-13(8)11(14)10-2-3-15-7-10/h2-3,7-9H,4-6,12H2,1H3. The molecule has 1 aliphatic heterocycles. The summed E-state index contributed by atoms with van der Waals surface area (Å²) in [5, 5.41) is 0. The van der Waals surface area contributed by atoms with Gasteiger partial charge >= 0.3 is 0 Å². The molecule has 4 nitrogen and oxygen atoms in total. The number of carbonyl (C=O) groups excluding carboxylic acids is 1. The topological polar surface area (TPSA) is 59.5 Å². The van der Waals surface area contributed by atoms with Gasteiger partial charge in [-0.15, -0.1) is 0 Å². The van der Waals surface area contributed by atoms with E-state index in [0.29, 0.717) is 18.0 Å². The lowest BCUT2D eigenvalue weighted by Crippen LogP contribution is -2.34. The Labute approximate surface area is 89.0 Å². The smallest absolute Gasteiger partial charge is 0.257 e. The molecule has 0 aliphatic carbocycles. The van der Waals surface area contributed by atoms with E-state index in [1.165, 1.54) is 12.5 Å². The van der Waals surface area contributed by atoms with Crippen LogP contribution in [0.4, 0.5) is 0 Å². The molecule has 1 amide bonds. The van der Waals surface area contributed by atoms with Gasteiger partial charge in [0.15, 0.2) is 0 Å². The van der Waals surface area contributed by atoms with Gasteiger partial charge in [0.05, 0.1) is 11.8 Å². The van der Waals surface area contributed by atoms with Crippen molar-refractivity contribution in [3.05, 3.63) is 24.2 Å². The minimum atomic E-state index is 0.0483. The monoisotopic (exact) mass is 208 g/mol. The highest BCUT2D eigenvalue weighted by atomic mass is 16.3. The molecule has 0 bridgehead atoms. The number of carbonyl (C=O) groups is 1. The van der Waals surface area contributed by atoms with Crippen LogP contribution in [-0.2, 0) is 0 Å². The molecule has 2 N–H and O–H groups in total. The zero-order valence-electron chi connectivity index (χ0n) is 8.85. The van der Waals surface area contributed by atoms with Gasteiger partial charge in [-0.05, 0) is 31.9 Å². The molecule has 1 aromatic heterocycles. The van der Waals surface area contributed by atoms with Crippen molar-refractivity contribution in [1.82, 2.24) is 4.90 Å². The lowest BCUT2D eigenvalue weighted by molar-refractivity contribution is 0.0742. The Hall–Kier alpha value is -1.29. The Morgan fingerprint density at radius 1 is 1.73 bits per heavy atom. The highest BCUT2D eigenvalue weighted by molar-refractivity contribution is 5.94. The summed E-state index contributed by atoms with van der Waals surface area (Å²) in [4.78, 5) is 13.9. The largest absolute Gasteiger partial charge is 0.472 e. The molecule has 4 heteroatoms. The van der Waals surface area contributed by atoms with Gasteiger partial charge in [-0.25, -0.2) is 0 Å². The molecule has 82 valence electrons. The summed E-state index contributed by atoms with van der Waals surface area (Å²) in [5.41, 5.74) is 6.25. The van der Waals surface area contributed by atoms with Gasteiger partial charge in [-0.2, -0.15) is 0 Å². The number of nitrogens with zero attached hydrogens (tertiary/aromatic N) is 1. The summed E-state index contributed by atoms with van der Waals surface area (Å²) in [6, 6.07) is 1.98. The molecule has 2 rings (SSSR count). The van der Waals surface area contributed by atoms with Crippen molar-refractivity contribution in [2.24, 2.45) is 11.7 Å². The first-order valence-electron chi connectivity index (χ1n) is 5.25. The lowest BCUT2D eigenvalue weighted by atomic mass is 10.1. The molecule has 0 radical (unpaired) electrons. The van der Waals surface area contributed by atoms with Gasteiger partial charge in [-0.1, -0.05) is 0 Å². The predicted molar refractivity (Wildman–Crippen MR) is 56.4 cm³/mol. The summed E-state index contributed by atoms with van der Waals surface area (Å²) >= 11 is 0. The fraction of sp³-hybridized carbons (Fsp3) is 0.545. The molecule has 15 heavy (non-hydrogen) atoms. The molecule has 0 aromatic carbocycles. The minimum Gasteiger partial charge on any atom is -0.472 e. The maximum atomic E-state index is 12.0.